The van der Waals surface area contributed by atoms with E-state index in [1.54, 1.807) is 0 Å². The summed E-state index contributed by atoms with van der Waals surface area (Å²) in [6.45, 7) is 33.6. The first-order chi connectivity index (χ1) is 38.8. The van der Waals surface area contributed by atoms with Gasteiger partial charge in [0.2, 0.25) is 11.4 Å². The van der Waals surface area contributed by atoms with Crippen LogP contribution in [-0.4, -0.2) is 0 Å². The molecule has 5 aliphatic rings. The Morgan fingerprint density at radius 2 is 0.732 bits per heavy atom. The molecule has 6 heteroatoms. The first-order valence-electron chi connectivity index (χ1n) is 30.1. The molecule has 4 nitrogen and oxygen atoms in total. The fourth-order valence-electron chi connectivity index (χ4n) is 16.2. The maximum Gasteiger partial charge on any atom is 0.436 e. The lowest BCUT2D eigenvalue weighted by Gasteiger charge is -2.43. The zero-order chi connectivity index (χ0) is 56.5. The highest BCUT2D eigenvalue weighted by molar-refractivity contribution is 7.27. The third-order valence-corrected chi connectivity index (χ3v) is 23.5. The van der Waals surface area contributed by atoms with Gasteiger partial charge in [0, 0.05) is 74.0 Å². The maximum atomic E-state index is 8.28. The van der Waals surface area contributed by atoms with Crippen molar-refractivity contribution in [1.29, 1.82) is 0 Å². The van der Waals surface area contributed by atoms with Crippen molar-refractivity contribution in [2.24, 2.45) is 0 Å². The van der Waals surface area contributed by atoms with Crippen LogP contribution in [0.3, 0.4) is 0 Å². The van der Waals surface area contributed by atoms with E-state index in [1.165, 1.54) is 132 Å². The van der Waals surface area contributed by atoms with Crippen molar-refractivity contribution in [1.82, 2.24) is 0 Å². The monoisotopic (exact) mass is 1110 g/mol. The summed E-state index contributed by atoms with van der Waals surface area (Å²) in [6.07, 6.45) is 9.49. The molecular formula is C76H72N2O2S2+2. The Hall–Kier alpha value is -6.54. The molecule has 1 saturated heterocycles. The van der Waals surface area contributed by atoms with Gasteiger partial charge in [0.25, 0.3) is 0 Å². The highest BCUT2D eigenvalue weighted by Crippen LogP contribution is 2.62. The molecule has 0 amide bonds. The van der Waals surface area contributed by atoms with E-state index in [2.05, 4.69) is 240 Å². The number of thiophene rings is 2. The molecule has 408 valence electrons. The van der Waals surface area contributed by atoms with Gasteiger partial charge in [0.05, 0.1) is 11.1 Å². The third-order valence-electron chi connectivity index (χ3n) is 21.1. The number of nitrogens with zero attached hydrogens (tertiary/aromatic N) is 2. The van der Waals surface area contributed by atoms with Gasteiger partial charge in [-0.05, 0) is 162 Å². The summed E-state index contributed by atoms with van der Waals surface area (Å²) in [5.41, 5.74) is 15.6. The van der Waals surface area contributed by atoms with Crippen LogP contribution in [0.2, 0.25) is 0 Å². The summed E-state index contributed by atoms with van der Waals surface area (Å²) in [4.78, 5) is 0. The number of rotatable bonds is 0. The third kappa shape index (κ3) is 6.30. The van der Waals surface area contributed by atoms with Gasteiger partial charge in [0.15, 0.2) is 12.4 Å². The summed E-state index contributed by atoms with van der Waals surface area (Å²) < 4.78 is 26.7. The highest BCUT2D eigenvalue weighted by Gasteiger charge is 2.80. The van der Waals surface area contributed by atoms with Gasteiger partial charge in [-0.3, -0.25) is 0 Å². The van der Waals surface area contributed by atoms with Crippen LogP contribution < -0.4 is 9.13 Å². The fourth-order valence-corrected chi connectivity index (χ4v) is 18.7. The van der Waals surface area contributed by atoms with E-state index in [-0.39, 0.29) is 32.5 Å². The summed E-state index contributed by atoms with van der Waals surface area (Å²) >= 11 is 3.92. The smallest absolute Gasteiger partial charge is 0.192 e. The molecule has 4 aromatic heterocycles. The van der Waals surface area contributed by atoms with E-state index in [4.69, 9.17) is 9.47 Å². The molecule has 0 bridgehead atoms. The van der Waals surface area contributed by atoms with E-state index < -0.39 is 11.8 Å². The molecule has 12 aromatic rings. The standard InChI is InChI=1S/C76H72N2O2S2/c1-69(2,3)55-33-53-61-35-49-41(23-25-47-51-31-57-59(37-63(51)81-67(47)49)73(11,12)29-27-71(57,7)8)39-77(61)75(65(53)45-21-17-15-19-43(45)55)79-76(80-75)66-46-22-18-16-20-44(46)56(70(4,5)6)34-54(66)62-36-50-42(40-78(62)76)24-26-48-52-32-58-60(38-64(52)82-68(48)50)74(13,14)30-28-72(58,9)10/h15-26,31-40H,27-30H2,1-14H3/q+2. The van der Waals surface area contributed by atoms with E-state index >= 15 is 0 Å². The fraction of sp³-hybridized carbons (Fsp3) is 0.342. The van der Waals surface area contributed by atoms with E-state index in [0.29, 0.717) is 0 Å². The average molecular weight is 1110 g/mol. The van der Waals surface area contributed by atoms with Crippen LogP contribution in [0, 0.1) is 0 Å². The predicted octanol–water partition coefficient (Wildman–Crippen LogP) is 19.9. The van der Waals surface area contributed by atoms with Gasteiger partial charge in [-0.2, -0.15) is 9.47 Å². The van der Waals surface area contributed by atoms with Crippen molar-refractivity contribution < 1.29 is 18.6 Å². The summed E-state index contributed by atoms with van der Waals surface area (Å²) in [5.74, 6) is -2.61. The number of benzene rings is 8. The first kappa shape index (κ1) is 50.0. The Labute approximate surface area is 489 Å². The number of hydrogen-bond acceptors (Lipinski definition) is 4. The Bertz CT molecular complexity index is 4650. The molecule has 1 fully saturated rings. The normalized spacial score (nSPS) is 19.4. The van der Waals surface area contributed by atoms with Gasteiger partial charge in [0.1, 0.15) is 11.1 Å². The Balaban J connectivity index is 0.926. The Kier molecular flexibility index (Phi) is 9.40. The minimum atomic E-state index is -1.30. The van der Waals surface area contributed by atoms with Crippen LogP contribution in [0.1, 0.15) is 167 Å². The second-order valence-electron chi connectivity index (χ2n) is 30.1. The molecule has 0 N–H and O–H groups in total. The molecule has 82 heavy (non-hydrogen) atoms. The topological polar surface area (TPSA) is 26.2 Å². The molecule has 0 radical (unpaired) electrons. The largest absolute Gasteiger partial charge is 0.436 e. The maximum absolute atomic E-state index is 8.28. The predicted molar refractivity (Wildman–Crippen MR) is 344 cm³/mol. The van der Waals surface area contributed by atoms with Crippen molar-refractivity contribution in [2.75, 3.05) is 0 Å². The summed E-state index contributed by atoms with van der Waals surface area (Å²) in [5, 5.41) is 15.0. The minimum Gasteiger partial charge on any atom is -0.192 e. The van der Waals surface area contributed by atoms with Crippen LogP contribution in [0.5, 0.6) is 0 Å². The van der Waals surface area contributed by atoms with Crippen molar-refractivity contribution >= 4 is 106 Å². The molecule has 7 heterocycles. The van der Waals surface area contributed by atoms with Crippen LogP contribution in [0.4, 0.5) is 0 Å². The van der Waals surface area contributed by atoms with Gasteiger partial charge >= 0.3 is 11.8 Å². The van der Waals surface area contributed by atoms with Crippen LogP contribution in [-0.2, 0) is 53.8 Å². The SMILES string of the molecule is CC(C)(C)c1cc2c(c3ccccc13)C1(OC3(O1)c1c(cc(C(C)(C)C)c4ccccc14)-c1cc4c(ccc5c6cc7c(cc6sc45)C(C)(C)CCC7(C)C)c[n+]13)[n+]1cc3ccc4c5cc6c(cc5sc4c3cc1-2)C(C)(C)CCC6(C)C. The molecule has 8 aromatic carbocycles. The quantitative estimate of drug-likeness (QED) is 0.141. The van der Waals surface area contributed by atoms with E-state index in [9.17, 15) is 0 Å². The molecule has 2 aliphatic carbocycles. The first-order valence-corrected chi connectivity index (χ1v) is 31.8. The zero-order valence-electron chi connectivity index (χ0n) is 50.1. The lowest BCUT2D eigenvalue weighted by molar-refractivity contribution is -0.998. The van der Waals surface area contributed by atoms with Gasteiger partial charge < -0.3 is 0 Å². The molecule has 2 spiro atoms. The number of aromatic nitrogens is 2. The molecule has 0 atom stereocenters. The zero-order valence-corrected chi connectivity index (χ0v) is 51.7. The molecule has 0 unspecified atom stereocenters. The van der Waals surface area contributed by atoms with Crippen LogP contribution >= 0.6 is 22.7 Å². The number of ether oxygens (including phenoxy) is 2. The van der Waals surface area contributed by atoms with Crippen LogP contribution in [0.15, 0.2) is 134 Å². The van der Waals surface area contributed by atoms with Crippen molar-refractivity contribution in [3.63, 3.8) is 0 Å². The van der Waals surface area contributed by atoms with Gasteiger partial charge in [-0.15, -0.1) is 31.8 Å². The lowest BCUT2D eigenvalue weighted by atomic mass is 9.63. The van der Waals surface area contributed by atoms with Crippen molar-refractivity contribution in [3.8, 4) is 22.5 Å². The lowest BCUT2D eigenvalue weighted by Crippen LogP contribution is -2.79. The minimum absolute atomic E-state index is 0.126. The number of fused-ring (bicyclic) bond motifs is 26. The molecular weight excluding hydrogens is 1040 g/mol. The van der Waals surface area contributed by atoms with Crippen molar-refractivity contribution in [2.45, 2.75) is 167 Å². The highest BCUT2D eigenvalue weighted by atomic mass is 32.1. The second kappa shape index (κ2) is 15.4. The van der Waals surface area contributed by atoms with Crippen LogP contribution in [0.25, 0.3) is 106 Å². The molecule has 17 rings (SSSR count). The molecule has 0 saturated carbocycles. The van der Waals surface area contributed by atoms with Gasteiger partial charge in [-0.25, -0.2) is 0 Å². The summed E-state index contributed by atoms with van der Waals surface area (Å²) in [7, 11) is 0. The average Bonchev–Trinajstić information content (AvgIpc) is 1.47. The summed E-state index contributed by atoms with van der Waals surface area (Å²) in [6, 6.07) is 47.6. The number of hydrogen-bond donors (Lipinski definition) is 0. The van der Waals surface area contributed by atoms with Gasteiger partial charge in [-0.1, -0.05) is 158 Å². The van der Waals surface area contributed by atoms with Crippen molar-refractivity contribution in [3.05, 3.63) is 178 Å². The Morgan fingerprint density at radius 3 is 1.10 bits per heavy atom. The number of pyridine rings is 2. The molecule has 3 aliphatic heterocycles. The van der Waals surface area contributed by atoms with E-state index in [0.717, 1.165) is 44.4 Å². The Morgan fingerprint density at radius 1 is 0.378 bits per heavy atom. The van der Waals surface area contributed by atoms with E-state index in [1.807, 2.05) is 22.7 Å². The second-order valence-corrected chi connectivity index (χ2v) is 32.2.